The van der Waals surface area contributed by atoms with Crippen molar-refractivity contribution in [2.24, 2.45) is 0 Å². The fourth-order valence-electron chi connectivity index (χ4n) is 1.07. The summed E-state index contributed by atoms with van der Waals surface area (Å²) in [6, 6.07) is 4.23. The molecule has 0 N–H and O–H groups in total. The average molecular weight is 218 g/mol. The maximum atomic E-state index is 11.8. The summed E-state index contributed by atoms with van der Waals surface area (Å²) in [6.07, 6.45) is -3.73. The minimum absolute atomic E-state index is 0.137. The molecule has 0 radical (unpaired) electrons. The molecule has 1 aromatic rings. The normalized spacial score (nSPS) is 11.2. The maximum absolute atomic E-state index is 11.8. The van der Waals surface area contributed by atoms with E-state index in [0.29, 0.717) is 17.4 Å². The molecule has 0 unspecified atom stereocenters. The van der Waals surface area contributed by atoms with Crippen LogP contribution < -0.4 is 4.74 Å². The minimum atomic E-state index is -4.35. The van der Waals surface area contributed by atoms with Gasteiger partial charge in [-0.05, 0) is 30.7 Å². The zero-order valence-electron chi connectivity index (χ0n) is 7.97. The van der Waals surface area contributed by atoms with Crippen molar-refractivity contribution in [3.8, 4) is 5.75 Å². The lowest BCUT2D eigenvalue weighted by Crippen LogP contribution is -2.19. The number of aldehydes is 1. The number of hydrogen-bond acceptors (Lipinski definition) is 2. The highest BCUT2D eigenvalue weighted by Crippen LogP contribution is 2.22. The molecule has 0 heterocycles. The number of ether oxygens (including phenoxy) is 1. The summed E-state index contributed by atoms with van der Waals surface area (Å²) >= 11 is 0. The Bertz CT molecular complexity index is 358. The van der Waals surface area contributed by atoms with Crippen LogP contribution >= 0.6 is 0 Å². The summed E-state index contributed by atoms with van der Waals surface area (Å²) in [5, 5.41) is 0. The molecule has 1 rings (SSSR count). The largest absolute Gasteiger partial charge is 0.484 e. The molecule has 2 nitrogen and oxygen atoms in total. The highest BCUT2D eigenvalue weighted by molar-refractivity contribution is 5.75. The molecular weight excluding hydrogens is 209 g/mol. The van der Waals surface area contributed by atoms with E-state index in [1.54, 1.807) is 6.92 Å². The first-order valence-corrected chi connectivity index (χ1v) is 4.18. The van der Waals surface area contributed by atoms with Crippen LogP contribution in [-0.2, 0) is 0 Å². The van der Waals surface area contributed by atoms with Crippen molar-refractivity contribution in [2.45, 2.75) is 13.1 Å². The fraction of sp³-hybridized carbons (Fsp3) is 0.300. The van der Waals surface area contributed by atoms with Crippen LogP contribution in [0.1, 0.15) is 15.9 Å². The van der Waals surface area contributed by atoms with Gasteiger partial charge in [0.2, 0.25) is 0 Å². The number of carbonyl (C=O) groups excluding carboxylic acids is 1. The molecule has 0 saturated carbocycles. The van der Waals surface area contributed by atoms with E-state index in [1.165, 1.54) is 18.2 Å². The van der Waals surface area contributed by atoms with Crippen LogP contribution in [-0.4, -0.2) is 19.1 Å². The third-order valence-corrected chi connectivity index (χ3v) is 1.73. The first kappa shape index (κ1) is 11.6. The first-order chi connectivity index (χ1) is 6.92. The van der Waals surface area contributed by atoms with Gasteiger partial charge in [-0.15, -0.1) is 0 Å². The zero-order chi connectivity index (χ0) is 11.5. The van der Waals surface area contributed by atoms with Crippen LogP contribution in [0.2, 0.25) is 0 Å². The highest BCUT2D eigenvalue weighted by atomic mass is 19.4. The molecule has 0 atom stereocenters. The molecule has 0 aliphatic carbocycles. The molecule has 0 aliphatic rings. The summed E-state index contributed by atoms with van der Waals surface area (Å²) in [6.45, 7) is 0.257. The number of hydrogen-bond donors (Lipinski definition) is 0. The second kappa shape index (κ2) is 4.33. The van der Waals surface area contributed by atoms with Gasteiger partial charge in [-0.25, -0.2) is 0 Å². The molecule has 0 saturated heterocycles. The van der Waals surface area contributed by atoms with Crippen LogP contribution in [0.3, 0.4) is 0 Å². The van der Waals surface area contributed by atoms with Crippen molar-refractivity contribution in [1.82, 2.24) is 0 Å². The molecule has 82 valence electrons. The van der Waals surface area contributed by atoms with E-state index in [-0.39, 0.29) is 5.75 Å². The van der Waals surface area contributed by atoms with Crippen molar-refractivity contribution in [3.05, 3.63) is 29.3 Å². The number of halogens is 3. The number of benzene rings is 1. The minimum Gasteiger partial charge on any atom is -0.484 e. The number of carbonyl (C=O) groups is 1. The third kappa shape index (κ3) is 3.61. The Labute approximate surface area is 84.7 Å². The Morgan fingerprint density at radius 3 is 2.53 bits per heavy atom. The summed E-state index contributed by atoms with van der Waals surface area (Å²) in [7, 11) is 0. The Morgan fingerprint density at radius 1 is 1.40 bits per heavy atom. The van der Waals surface area contributed by atoms with Gasteiger partial charge in [-0.3, -0.25) is 4.79 Å². The molecule has 0 aromatic heterocycles. The first-order valence-electron chi connectivity index (χ1n) is 4.18. The zero-order valence-corrected chi connectivity index (χ0v) is 7.97. The van der Waals surface area contributed by atoms with Gasteiger partial charge in [0.05, 0.1) is 0 Å². The van der Waals surface area contributed by atoms with Gasteiger partial charge < -0.3 is 4.74 Å². The molecule has 5 heteroatoms. The monoisotopic (exact) mass is 218 g/mol. The van der Waals surface area contributed by atoms with E-state index < -0.39 is 12.8 Å². The lowest BCUT2D eigenvalue weighted by molar-refractivity contribution is -0.153. The molecular formula is C10H9F3O2. The van der Waals surface area contributed by atoms with E-state index >= 15 is 0 Å². The van der Waals surface area contributed by atoms with Crippen LogP contribution in [0.5, 0.6) is 5.75 Å². The molecule has 0 bridgehead atoms. The van der Waals surface area contributed by atoms with Gasteiger partial charge in [-0.1, -0.05) is 0 Å². The summed E-state index contributed by atoms with van der Waals surface area (Å²) < 4.78 is 40.1. The number of rotatable bonds is 3. The van der Waals surface area contributed by atoms with Crippen LogP contribution in [0, 0.1) is 6.92 Å². The fourth-order valence-corrected chi connectivity index (χ4v) is 1.07. The Balaban J connectivity index is 2.74. The van der Waals surface area contributed by atoms with E-state index in [4.69, 9.17) is 0 Å². The Kier molecular flexibility index (Phi) is 3.34. The number of alkyl halides is 3. The van der Waals surface area contributed by atoms with Crippen molar-refractivity contribution in [3.63, 3.8) is 0 Å². The van der Waals surface area contributed by atoms with Gasteiger partial charge in [0.25, 0.3) is 0 Å². The van der Waals surface area contributed by atoms with Gasteiger partial charge in [0, 0.05) is 5.56 Å². The lowest BCUT2D eigenvalue weighted by Gasteiger charge is -2.11. The molecule has 0 amide bonds. The maximum Gasteiger partial charge on any atom is 0.422 e. The highest BCUT2D eigenvalue weighted by Gasteiger charge is 2.28. The molecule has 1 aromatic carbocycles. The van der Waals surface area contributed by atoms with Crippen molar-refractivity contribution < 1.29 is 22.7 Å². The van der Waals surface area contributed by atoms with Crippen LogP contribution in [0.4, 0.5) is 13.2 Å². The quantitative estimate of drug-likeness (QED) is 0.729. The van der Waals surface area contributed by atoms with E-state index in [0.717, 1.165) is 0 Å². The molecule has 0 spiro atoms. The smallest absolute Gasteiger partial charge is 0.422 e. The van der Waals surface area contributed by atoms with Crippen molar-refractivity contribution >= 4 is 6.29 Å². The predicted molar refractivity (Wildman–Crippen MR) is 48.1 cm³/mol. The van der Waals surface area contributed by atoms with Crippen LogP contribution in [0.15, 0.2) is 18.2 Å². The summed E-state index contributed by atoms with van der Waals surface area (Å²) in [4.78, 5) is 10.4. The second-order valence-electron chi connectivity index (χ2n) is 3.05. The van der Waals surface area contributed by atoms with Gasteiger partial charge in [-0.2, -0.15) is 13.2 Å². The molecule has 0 fully saturated rings. The summed E-state index contributed by atoms with van der Waals surface area (Å²) in [5.41, 5.74) is 0.913. The average Bonchev–Trinajstić information content (AvgIpc) is 2.14. The van der Waals surface area contributed by atoms with Crippen LogP contribution in [0.25, 0.3) is 0 Å². The predicted octanol–water partition coefficient (Wildman–Crippen LogP) is 2.75. The lowest BCUT2D eigenvalue weighted by atomic mass is 10.1. The third-order valence-electron chi connectivity index (χ3n) is 1.73. The van der Waals surface area contributed by atoms with E-state index in [9.17, 15) is 18.0 Å². The van der Waals surface area contributed by atoms with Gasteiger partial charge in [0.15, 0.2) is 6.61 Å². The Hall–Kier alpha value is -1.52. The standard InChI is InChI=1S/C10H9F3O2/c1-7-4-8(5-14)2-3-9(7)15-6-10(11,12)13/h2-5H,6H2,1H3. The second-order valence-corrected chi connectivity index (χ2v) is 3.05. The van der Waals surface area contributed by atoms with E-state index in [2.05, 4.69) is 4.74 Å². The van der Waals surface area contributed by atoms with Gasteiger partial charge in [0.1, 0.15) is 12.0 Å². The molecule has 15 heavy (non-hydrogen) atoms. The number of aryl methyl sites for hydroxylation is 1. The topological polar surface area (TPSA) is 26.3 Å². The molecule has 0 aliphatic heterocycles. The van der Waals surface area contributed by atoms with E-state index in [1.807, 2.05) is 0 Å². The summed E-state index contributed by atoms with van der Waals surface area (Å²) in [5.74, 6) is 0.137. The SMILES string of the molecule is Cc1cc(C=O)ccc1OCC(F)(F)F. The van der Waals surface area contributed by atoms with Crippen molar-refractivity contribution in [2.75, 3.05) is 6.61 Å². The Morgan fingerprint density at radius 2 is 2.07 bits per heavy atom. The van der Waals surface area contributed by atoms with Crippen molar-refractivity contribution in [1.29, 1.82) is 0 Å². The van der Waals surface area contributed by atoms with Gasteiger partial charge >= 0.3 is 6.18 Å².